The molecule has 0 unspecified atom stereocenters. The van der Waals surface area contributed by atoms with Crippen molar-refractivity contribution < 1.29 is 4.79 Å². The van der Waals surface area contributed by atoms with Crippen LogP contribution in [0.4, 0.5) is 0 Å². The molecule has 0 bridgehead atoms. The standard InChI is InChI=1S/C23H20N6O2/c30-22(18-8-9-19-20(11-18)26-21-7-4-10-29(21)23(19)31)27-24-12-17-13-25-28(15-17)14-16-5-2-1-3-6-16/h1-3,5-6,8-9,11-13,15H,4,7,10,14H2,(H,27,30)/b24-12-. The quantitative estimate of drug-likeness (QED) is 0.402. The van der Waals surface area contributed by atoms with Crippen molar-refractivity contribution in [2.24, 2.45) is 5.10 Å². The van der Waals surface area contributed by atoms with Gasteiger partial charge in [0.1, 0.15) is 5.82 Å². The van der Waals surface area contributed by atoms with Gasteiger partial charge in [-0.1, -0.05) is 30.3 Å². The molecule has 0 radical (unpaired) electrons. The van der Waals surface area contributed by atoms with Gasteiger partial charge in [-0.3, -0.25) is 18.8 Å². The SMILES string of the molecule is O=C(N/N=C\c1cnn(Cc2ccccc2)c1)c1ccc2c(=O)n3c(nc2c1)CCC3. The summed E-state index contributed by atoms with van der Waals surface area (Å²) >= 11 is 0. The van der Waals surface area contributed by atoms with E-state index in [2.05, 4.69) is 20.6 Å². The molecular formula is C23H20N6O2. The highest BCUT2D eigenvalue weighted by molar-refractivity contribution is 5.98. The highest BCUT2D eigenvalue weighted by atomic mass is 16.2. The molecule has 2 aromatic carbocycles. The Morgan fingerprint density at radius 3 is 2.94 bits per heavy atom. The second kappa shape index (κ2) is 7.98. The second-order valence-corrected chi connectivity index (χ2v) is 7.48. The molecule has 1 amide bonds. The first kappa shape index (κ1) is 18.9. The van der Waals surface area contributed by atoms with Crippen LogP contribution in [0, 0.1) is 0 Å². The molecule has 1 aliphatic rings. The van der Waals surface area contributed by atoms with Gasteiger partial charge in [0.25, 0.3) is 11.5 Å². The molecular weight excluding hydrogens is 392 g/mol. The van der Waals surface area contributed by atoms with Crippen LogP contribution in [-0.2, 0) is 19.5 Å². The van der Waals surface area contributed by atoms with Crippen LogP contribution < -0.4 is 11.0 Å². The van der Waals surface area contributed by atoms with Crippen molar-refractivity contribution in [2.45, 2.75) is 25.9 Å². The van der Waals surface area contributed by atoms with Crippen LogP contribution in [0.1, 0.15) is 33.7 Å². The lowest BCUT2D eigenvalue weighted by Gasteiger charge is -2.06. The van der Waals surface area contributed by atoms with E-state index in [1.165, 1.54) is 0 Å². The highest BCUT2D eigenvalue weighted by Crippen LogP contribution is 2.16. The molecule has 1 aliphatic heterocycles. The Morgan fingerprint density at radius 2 is 2.06 bits per heavy atom. The Balaban J connectivity index is 1.27. The van der Waals surface area contributed by atoms with Gasteiger partial charge < -0.3 is 0 Å². The van der Waals surface area contributed by atoms with Gasteiger partial charge in [-0.25, -0.2) is 10.4 Å². The van der Waals surface area contributed by atoms with Gasteiger partial charge in [0.05, 0.1) is 29.9 Å². The Labute approximate surface area is 177 Å². The van der Waals surface area contributed by atoms with Crippen LogP contribution >= 0.6 is 0 Å². The Bertz CT molecular complexity index is 1350. The van der Waals surface area contributed by atoms with Crippen molar-refractivity contribution in [1.82, 2.24) is 24.8 Å². The average molecular weight is 412 g/mol. The number of aryl methyl sites for hydroxylation is 1. The zero-order chi connectivity index (χ0) is 21.2. The molecule has 0 atom stereocenters. The van der Waals surface area contributed by atoms with E-state index < -0.39 is 0 Å². The van der Waals surface area contributed by atoms with Crippen LogP contribution in [0.25, 0.3) is 10.9 Å². The summed E-state index contributed by atoms with van der Waals surface area (Å²) in [5.74, 6) is 0.415. The van der Waals surface area contributed by atoms with Crippen LogP contribution in [0.2, 0.25) is 0 Å². The molecule has 8 heteroatoms. The van der Waals surface area contributed by atoms with Gasteiger partial charge in [0.15, 0.2) is 0 Å². The lowest BCUT2D eigenvalue weighted by Crippen LogP contribution is -2.22. The molecule has 0 spiro atoms. The summed E-state index contributed by atoms with van der Waals surface area (Å²) in [5.41, 5.74) is 5.34. The van der Waals surface area contributed by atoms with Crippen LogP contribution in [0.3, 0.4) is 0 Å². The number of amides is 1. The minimum absolute atomic E-state index is 0.0463. The number of nitrogens with zero attached hydrogens (tertiary/aromatic N) is 5. The normalized spacial score (nSPS) is 13.0. The molecule has 1 N–H and O–H groups in total. The summed E-state index contributed by atoms with van der Waals surface area (Å²) in [4.78, 5) is 29.6. The minimum atomic E-state index is -0.364. The lowest BCUT2D eigenvalue weighted by molar-refractivity contribution is 0.0955. The van der Waals surface area contributed by atoms with E-state index in [0.717, 1.165) is 29.8 Å². The third-order valence-corrected chi connectivity index (χ3v) is 5.30. The Morgan fingerprint density at radius 1 is 1.19 bits per heavy atom. The molecule has 3 heterocycles. The number of carbonyl (C=O) groups excluding carboxylic acids is 1. The molecule has 0 aliphatic carbocycles. The van der Waals surface area contributed by atoms with Crippen molar-refractivity contribution >= 4 is 23.0 Å². The summed E-state index contributed by atoms with van der Waals surface area (Å²) < 4.78 is 3.52. The number of hydrogen-bond donors (Lipinski definition) is 1. The zero-order valence-corrected chi connectivity index (χ0v) is 16.7. The molecule has 2 aromatic heterocycles. The van der Waals surface area contributed by atoms with Crippen molar-refractivity contribution in [1.29, 1.82) is 0 Å². The van der Waals surface area contributed by atoms with Crippen molar-refractivity contribution in [3.8, 4) is 0 Å². The summed E-state index contributed by atoms with van der Waals surface area (Å²) in [6, 6.07) is 14.9. The number of carbonyl (C=O) groups is 1. The monoisotopic (exact) mass is 412 g/mol. The number of nitrogens with one attached hydrogen (secondary N) is 1. The number of hydrazone groups is 1. The largest absolute Gasteiger partial charge is 0.296 e. The number of aromatic nitrogens is 4. The molecule has 8 nitrogen and oxygen atoms in total. The minimum Gasteiger partial charge on any atom is -0.296 e. The number of rotatable bonds is 5. The fourth-order valence-electron chi connectivity index (χ4n) is 3.76. The molecule has 0 saturated heterocycles. The number of fused-ring (bicyclic) bond motifs is 2. The van der Waals surface area contributed by atoms with E-state index >= 15 is 0 Å². The van der Waals surface area contributed by atoms with Crippen molar-refractivity contribution in [2.75, 3.05) is 0 Å². The fraction of sp³-hybridized carbons (Fsp3) is 0.174. The second-order valence-electron chi connectivity index (χ2n) is 7.48. The number of benzene rings is 2. The Kier molecular flexibility index (Phi) is 4.87. The lowest BCUT2D eigenvalue weighted by atomic mass is 10.1. The Hall–Kier alpha value is -4.07. The average Bonchev–Trinajstić information content (AvgIpc) is 3.44. The maximum Gasteiger partial charge on any atom is 0.271 e. The van der Waals surface area contributed by atoms with E-state index in [-0.39, 0.29) is 11.5 Å². The van der Waals surface area contributed by atoms with E-state index in [1.54, 1.807) is 35.2 Å². The predicted octanol–water partition coefficient (Wildman–Crippen LogP) is 2.35. The fourth-order valence-corrected chi connectivity index (χ4v) is 3.76. The molecule has 5 rings (SSSR count). The van der Waals surface area contributed by atoms with Gasteiger partial charge in [0.2, 0.25) is 0 Å². The zero-order valence-electron chi connectivity index (χ0n) is 16.7. The summed E-state index contributed by atoms with van der Waals surface area (Å²) in [6.45, 7) is 1.37. The first-order chi connectivity index (χ1) is 15.2. The summed E-state index contributed by atoms with van der Waals surface area (Å²) in [6.07, 6.45) is 6.79. The van der Waals surface area contributed by atoms with Gasteiger partial charge in [0, 0.05) is 30.3 Å². The van der Waals surface area contributed by atoms with Crippen LogP contribution in [0.5, 0.6) is 0 Å². The van der Waals surface area contributed by atoms with Gasteiger partial charge in [-0.15, -0.1) is 0 Å². The highest BCUT2D eigenvalue weighted by Gasteiger charge is 2.17. The molecule has 0 saturated carbocycles. The van der Waals surface area contributed by atoms with Gasteiger partial charge in [-0.2, -0.15) is 10.2 Å². The molecule has 0 fully saturated rings. The molecule has 4 aromatic rings. The smallest absolute Gasteiger partial charge is 0.271 e. The predicted molar refractivity (Wildman–Crippen MR) is 117 cm³/mol. The number of hydrogen-bond acceptors (Lipinski definition) is 5. The first-order valence-electron chi connectivity index (χ1n) is 10.1. The topological polar surface area (TPSA) is 94.2 Å². The maximum absolute atomic E-state index is 12.5. The van der Waals surface area contributed by atoms with Crippen molar-refractivity contribution in [3.05, 3.63) is 93.8 Å². The van der Waals surface area contributed by atoms with E-state index in [4.69, 9.17) is 0 Å². The van der Waals surface area contributed by atoms with E-state index in [1.807, 2.05) is 41.2 Å². The van der Waals surface area contributed by atoms with Crippen LogP contribution in [-0.4, -0.2) is 31.5 Å². The van der Waals surface area contributed by atoms with E-state index in [9.17, 15) is 9.59 Å². The summed E-state index contributed by atoms with van der Waals surface area (Å²) in [7, 11) is 0. The van der Waals surface area contributed by atoms with E-state index in [0.29, 0.717) is 29.6 Å². The summed E-state index contributed by atoms with van der Waals surface area (Å²) in [5, 5.41) is 8.87. The third-order valence-electron chi connectivity index (χ3n) is 5.30. The molecule has 31 heavy (non-hydrogen) atoms. The molecule has 154 valence electrons. The maximum atomic E-state index is 12.5. The van der Waals surface area contributed by atoms with Gasteiger partial charge >= 0.3 is 0 Å². The van der Waals surface area contributed by atoms with Gasteiger partial charge in [-0.05, 0) is 30.2 Å². The third kappa shape index (κ3) is 3.87. The first-order valence-corrected chi connectivity index (χ1v) is 10.1. The van der Waals surface area contributed by atoms with Crippen LogP contribution in [0.15, 0.2) is 70.8 Å². The van der Waals surface area contributed by atoms with Crippen molar-refractivity contribution in [3.63, 3.8) is 0 Å².